The van der Waals surface area contributed by atoms with Crippen molar-refractivity contribution >= 4 is 11.6 Å². The highest BCUT2D eigenvalue weighted by atomic mass is 35.5. The van der Waals surface area contributed by atoms with Gasteiger partial charge < -0.3 is 5.32 Å². The van der Waals surface area contributed by atoms with Crippen molar-refractivity contribution in [3.63, 3.8) is 0 Å². The molecule has 112 valence electrons. The summed E-state index contributed by atoms with van der Waals surface area (Å²) >= 11 is 6.22. The zero-order valence-corrected chi connectivity index (χ0v) is 14.3. The van der Waals surface area contributed by atoms with Crippen LogP contribution in [-0.4, -0.2) is 6.54 Å². The van der Waals surface area contributed by atoms with Crippen molar-refractivity contribution in [2.75, 3.05) is 6.54 Å². The van der Waals surface area contributed by atoms with Crippen molar-refractivity contribution in [3.8, 4) is 0 Å². The van der Waals surface area contributed by atoms with E-state index in [0.717, 1.165) is 11.6 Å². The fourth-order valence-corrected chi connectivity index (χ4v) is 2.99. The maximum Gasteiger partial charge on any atom is 0.0582 e. The van der Waals surface area contributed by atoms with Gasteiger partial charge in [0.05, 0.1) is 6.04 Å². The van der Waals surface area contributed by atoms with E-state index in [-0.39, 0.29) is 6.04 Å². The van der Waals surface area contributed by atoms with Crippen LogP contribution < -0.4 is 5.32 Å². The molecule has 2 aromatic rings. The summed E-state index contributed by atoms with van der Waals surface area (Å²) in [6, 6.07) is 10.9. The van der Waals surface area contributed by atoms with Crippen LogP contribution in [0.2, 0.25) is 5.02 Å². The van der Waals surface area contributed by atoms with Gasteiger partial charge in [0.2, 0.25) is 0 Å². The van der Waals surface area contributed by atoms with Gasteiger partial charge in [0.1, 0.15) is 0 Å². The van der Waals surface area contributed by atoms with Gasteiger partial charge in [-0.15, -0.1) is 0 Å². The van der Waals surface area contributed by atoms with Gasteiger partial charge in [-0.1, -0.05) is 36.7 Å². The molecule has 0 bridgehead atoms. The minimum atomic E-state index is 0.188. The maximum absolute atomic E-state index is 6.22. The molecule has 0 heterocycles. The van der Waals surface area contributed by atoms with Gasteiger partial charge in [0.15, 0.2) is 0 Å². The molecule has 0 fully saturated rings. The molecule has 1 unspecified atom stereocenters. The van der Waals surface area contributed by atoms with Gasteiger partial charge in [-0.3, -0.25) is 0 Å². The summed E-state index contributed by atoms with van der Waals surface area (Å²) < 4.78 is 0. The van der Waals surface area contributed by atoms with Crippen LogP contribution in [0.15, 0.2) is 30.3 Å². The average molecular weight is 302 g/mol. The van der Waals surface area contributed by atoms with Crippen LogP contribution in [0.4, 0.5) is 0 Å². The number of hydrogen-bond donors (Lipinski definition) is 1. The molecule has 0 spiro atoms. The molecule has 0 aliphatic carbocycles. The number of halogens is 1. The van der Waals surface area contributed by atoms with Crippen molar-refractivity contribution in [2.24, 2.45) is 0 Å². The number of aryl methyl sites for hydroxylation is 4. The Hall–Kier alpha value is -1.31. The van der Waals surface area contributed by atoms with Gasteiger partial charge in [-0.25, -0.2) is 0 Å². The van der Waals surface area contributed by atoms with E-state index in [4.69, 9.17) is 11.6 Å². The summed E-state index contributed by atoms with van der Waals surface area (Å²) in [5.74, 6) is 0. The predicted molar refractivity (Wildman–Crippen MR) is 92.4 cm³/mol. The Bertz CT molecular complexity index is 646. The summed E-state index contributed by atoms with van der Waals surface area (Å²) in [6.45, 7) is 11.7. The highest BCUT2D eigenvalue weighted by Gasteiger charge is 2.18. The molecular formula is C19H24ClN. The van der Waals surface area contributed by atoms with Crippen LogP contribution in [0.3, 0.4) is 0 Å². The van der Waals surface area contributed by atoms with E-state index in [0.29, 0.717) is 0 Å². The lowest BCUT2D eigenvalue weighted by Gasteiger charge is -2.24. The third kappa shape index (κ3) is 3.48. The van der Waals surface area contributed by atoms with E-state index in [1.165, 1.54) is 33.4 Å². The molecular weight excluding hydrogens is 278 g/mol. The molecule has 2 aromatic carbocycles. The lowest BCUT2D eigenvalue weighted by atomic mass is 9.89. The topological polar surface area (TPSA) is 12.0 Å². The summed E-state index contributed by atoms with van der Waals surface area (Å²) in [6.07, 6.45) is 0. The molecule has 0 aliphatic rings. The first-order valence-corrected chi connectivity index (χ1v) is 7.89. The van der Waals surface area contributed by atoms with Crippen molar-refractivity contribution in [2.45, 2.75) is 40.7 Å². The van der Waals surface area contributed by atoms with Gasteiger partial charge in [-0.05, 0) is 79.8 Å². The summed E-state index contributed by atoms with van der Waals surface area (Å²) in [7, 11) is 0. The molecule has 0 radical (unpaired) electrons. The molecule has 21 heavy (non-hydrogen) atoms. The Morgan fingerprint density at radius 1 is 0.857 bits per heavy atom. The van der Waals surface area contributed by atoms with Crippen molar-refractivity contribution in [1.82, 2.24) is 5.32 Å². The lowest BCUT2D eigenvalue weighted by molar-refractivity contribution is 0.624. The number of hydrogen-bond acceptors (Lipinski definition) is 1. The van der Waals surface area contributed by atoms with E-state index in [1.54, 1.807) is 0 Å². The number of benzene rings is 2. The van der Waals surface area contributed by atoms with Crippen LogP contribution in [0.5, 0.6) is 0 Å². The van der Waals surface area contributed by atoms with E-state index < -0.39 is 0 Å². The monoisotopic (exact) mass is 301 g/mol. The molecule has 1 atom stereocenters. The molecule has 1 nitrogen and oxygen atoms in total. The Balaban J connectivity index is 2.58. The van der Waals surface area contributed by atoms with Crippen LogP contribution in [0, 0.1) is 27.7 Å². The third-order valence-electron chi connectivity index (χ3n) is 4.15. The molecule has 0 amide bonds. The smallest absolute Gasteiger partial charge is 0.0582 e. The van der Waals surface area contributed by atoms with Crippen molar-refractivity contribution in [1.29, 1.82) is 0 Å². The van der Waals surface area contributed by atoms with Crippen LogP contribution >= 0.6 is 11.6 Å². The Morgan fingerprint density at radius 3 is 2.14 bits per heavy atom. The van der Waals surface area contributed by atoms with Crippen molar-refractivity contribution < 1.29 is 0 Å². The maximum atomic E-state index is 6.22. The quantitative estimate of drug-likeness (QED) is 0.811. The second-order valence-electron chi connectivity index (χ2n) is 5.78. The van der Waals surface area contributed by atoms with Gasteiger partial charge in [0.25, 0.3) is 0 Å². The van der Waals surface area contributed by atoms with Gasteiger partial charge >= 0.3 is 0 Å². The lowest BCUT2D eigenvalue weighted by Crippen LogP contribution is -2.23. The number of nitrogens with one attached hydrogen (secondary N) is 1. The van der Waals surface area contributed by atoms with E-state index in [9.17, 15) is 0 Å². The minimum absolute atomic E-state index is 0.188. The zero-order valence-electron chi connectivity index (χ0n) is 13.5. The number of rotatable bonds is 4. The SMILES string of the molecule is CCNC(c1cc(Cl)ccc1C)c1cc(C)c(C)cc1C. The largest absolute Gasteiger partial charge is 0.307 e. The first kappa shape index (κ1) is 16.1. The fraction of sp³-hybridized carbons (Fsp3) is 0.368. The molecule has 0 saturated carbocycles. The highest BCUT2D eigenvalue weighted by Crippen LogP contribution is 2.30. The highest BCUT2D eigenvalue weighted by molar-refractivity contribution is 6.30. The molecule has 1 N–H and O–H groups in total. The van der Waals surface area contributed by atoms with Gasteiger partial charge in [-0.2, -0.15) is 0 Å². The van der Waals surface area contributed by atoms with Crippen molar-refractivity contribution in [3.05, 3.63) is 68.7 Å². The summed E-state index contributed by atoms with van der Waals surface area (Å²) in [4.78, 5) is 0. The standard InChI is InChI=1S/C19H24ClN/c1-6-21-19(18-11-16(20)8-7-12(18)2)17-10-14(4)13(3)9-15(17)5/h7-11,19,21H,6H2,1-5H3. The summed E-state index contributed by atoms with van der Waals surface area (Å²) in [5, 5.41) is 4.40. The molecule has 0 saturated heterocycles. The predicted octanol–water partition coefficient (Wildman–Crippen LogP) is 5.27. The molecule has 0 aromatic heterocycles. The van der Waals surface area contributed by atoms with Crippen LogP contribution in [0.1, 0.15) is 46.3 Å². The van der Waals surface area contributed by atoms with Gasteiger partial charge in [0, 0.05) is 5.02 Å². The minimum Gasteiger partial charge on any atom is -0.307 e. The Kier molecular flexibility index (Phi) is 5.08. The van der Waals surface area contributed by atoms with E-state index in [2.05, 4.69) is 64.2 Å². The first-order chi connectivity index (χ1) is 9.93. The Morgan fingerprint density at radius 2 is 1.48 bits per heavy atom. The fourth-order valence-electron chi connectivity index (χ4n) is 2.81. The van der Waals surface area contributed by atoms with Crippen LogP contribution in [0.25, 0.3) is 0 Å². The first-order valence-electron chi connectivity index (χ1n) is 7.51. The molecule has 0 aliphatic heterocycles. The summed E-state index contributed by atoms with van der Waals surface area (Å²) in [5.41, 5.74) is 7.86. The molecule has 2 rings (SSSR count). The Labute approximate surface area is 133 Å². The third-order valence-corrected chi connectivity index (χ3v) is 4.39. The van der Waals surface area contributed by atoms with E-state index >= 15 is 0 Å². The van der Waals surface area contributed by atoms with E-state index in [1.807, 2.05) is 6.07 Å². The average Bonchev–Trinajstić information content (AvgIpc) is 2.43. The normalized spacial score (nSPS) is 12.5. The molecule has 2 heteroatoms. The zero-order chi connectivity index (χ0) is 15.6. The second-order valence-corrected chi connectivity index (χ2v) is 6.22. The second kappa shape index (κ2) is 6.64. The van der Waals surface area contributed by atoms with Crippen LogP contribution in [-0.2, 0) is 0 Å².